The molecule has 6 heteroatoms. The number of halogens is 1. The summed E-state index contributed by atoms with van der Waals surface area (Å²) in [5, 5.41) is 0.492. The van der Waals surface area contributed by atoms with Crippen LogP contribution in [0.4, 0.5) is 0 Å². The van der Waals surface area contributed by atoms with Gasteiger partial charge in [0.15, 0.2) is 6.10 Å². The Bertz CT molecular complexity index is 864. The van der Waals surface area contributed by atoms with Crippen molar-refractivity contribution >= 4 is 23.4 Å². The Morgan fingerprint density at radius 2 is 1.70 bits per heavy atom. The first kappa shape index (κ1) is 22.2. The van der Waals surface area contributed by atoms with Crippen molar-refractivity contribution in [2.75, 3.05) is 26.2 Å². The molecule has 1 aliphatic rings. The number of rotatable bonds is 7. The molecule has 1 aliphatic heterocycles. The van der Waals surface area contributed by atoms with Crippen molar-refractivity contribution in [3.05, 3.63) is 64.7 Å². The van der Waals surface area contributed by atoms with Crippen molar-refractivity contribution in [1.29, 1.82) is 0 Å². The molecule has 0 saturated carbocycles. The molecule has 0 spiro atoms. The van der Waals surface area contributed by atoms with Gasteiger partial charge in [0.05, 0.1) is 5.02 Å². The number of amides is 2. The molecule has 0 aliphatic carbocycles. The Labute approximate surface area is 183 Å². The average molecular weight is 429 g/mol. The number of carbonyl (C=O) groups is 2. The maximum absolute atomic E-state index is 12.8. The molecular weight excluding hydrogens is 400 g/mol. The smallest absolute Gasteiger partial charge is 0.263 e. The minimum atomic E-state index is -0.627. The van der Waals surface area contributed by atoms with Crippen LogP contribution in [0.3, 0.4) is 0 Å². The Balaban J connectivity index is 1.43. The van der Waals surface area contributed by atoms with Gasteiger partial charge in [-0.05, 0) is 49.9 Å². The van der Waals surface area contributed by atoms with Gasteiger partial charge in [0, 0.05) is 32.6 Å². The molecular formula is C24H29ClN2O3. The van der Waals surface area contributed by atoms with Gasteiger partial charge in [-0.2, -0.15) is 0 Å². The molecule has 3 rings (SSSR count). The maximum Gasteiger partial charge on any atom is 0.263 e. The molecule has 1 heterocycles. The van der Waals surface area contributed by atoms with Crippen LogP contribution in [-0.4, -0.2) is 53.9 Å². The first-order valence-corrected chi connectivity index (χ1v) is 10.8. The van der Waals surface area contributed by atoms with Crippen LogP contribution in [-0.2, 0) is 16.0 Å². The highest BCUT2D eigenvalue weighted by molar-refractivity contribution is 6.32. The van der Waals surface area contributed by atoms with Gasteiger partial charge in [-0.15, -0.1) is 0 Å². The summed E-state index contributed by atoms with van der Waals surface area (Å²) < 4.78 is 5.81. The van der Waals surface area contributed by atoms with Gasteiger partial charge in [0.2, 0.25) is 5.91 Å². The van der Waals surface area contributed by atoms with Crippen LogP contribution in [0.1, 0.15) is 30.9 Å². The molecule has 1 unspecified atom stereocenters. The van der Waals surface area contributed by atoms with Crippen molar-refractivity contribution in [3.8, 4) is 5.75 Å². The number of ether oxygens (including phenoxy) is 1. The molecule has 2 aromatic carbocycles. The van der Waals surface area contributed by atoms with Crippen LogP contribution < -0.4 is 4.74 Å². The van der Waals surface area contributed by atoms with Crippen LogP contribution in [0.15, 0.2) is 48.5 Å². The Hall–Kier alpha value is -2.53. The highest BCUT2D eigenvalue weighted by Crippen LogP contribution is 2.26. The van der Waals surface area contributed by atoms with Gasteiger partial charge in [-0.25, -0.2) is 0 Å². The van der Waals surface area contributed by atoms with Crippen LogP contribution in [0.25, 0.3) is 0 Å². The molecule has 1 fully saturated rings. The fraction of sp³-hybridized carbons (Fsp3) is 0.417. The van der Waals surface area contributed by atoms with E-state index in [9.17, 15) is 9.59 Å². The Kier molecular flexibility index (Phi) is 7.75. The van der Waals surface area contributed by atoms with E-state index in [4.69, 9.17) is 16.3 Å². The van der Waals surface area contributed by atoms with E-state index in [1.165, 1.54) is 5.56 Å². The summed E-state index contributed by atoms with van der Waals surface area (Å²) in [6, 6.07) is 15.7. The van der Waals surface area contributed by atoms with Gasteiger partial charge in [0.25, 0.3) is 5.91 Å². The van der Waals surface area contributed by atoms with Crippen LogP contribution in [0.2, 0.25) is 5.02 Å². The summed E-state index contributed by atoms with van der Waals surface area (Å²) in [6.45, 7) is 5.87. The highest BCUT2D eigenvalue weighted by atomic mass is 35.5. The van der Waals surface area contributed by atoms with E-state index in [2.05, 4.69) is 12.1 Å². The lowest BCUT2D eigenvalue weighted by atomic mass is 10.1. The molecule has 0 N–H and O–H groups in total. The van der Waals surface area contributed by atoms with Gasteiger partial charge in [0.1, 0.15) is 5.75 Å². The average Bonchev–Trinajstić information content (AvgIpc) is 2.76. The number of aryl methyl sites for hydroxylation is 2. The second-order valence-electron chi connectivity index (χ2n) is 7.74. The minimum absolute atomic E-state index is 0.0799. The molecule has 160 valence electrons. The molecule has 2 amide bonds. The lowest BCUT2D eigenvalue weighted by Gasteiger charge is -2.36. The van der Waals surface area contributed by atoms with Crippen molar-refractivity contribution in [1.82, 2.24) is 9.80 Å². The Morgan fingerprint density at radius 3 is 2.40 bits per heavy atom. The number of benzene rings is 2. The van der Waals surface area contributed by atoms with Crippen molar-refractivity contribution in [3.63, 3.8) is 0 Å². The van der Waals surface area contributed by atoms with E-state index in [1.54, 1.807) is 17.9 Å². The Morgan fingerprint density at radius 1 is 1.03 bits per heavy atom. The monoisotopic (exact) mass is 428 g/mol. The van der Waals surface area contributed by atoms with Crippen molar-refractivity contribution < 1.29 is 14.3 Å². The third-order valence-electron chi connectivity index (χ3n) is 5.38. The highest BCUT2D eigenvalue weighted by Gasteiger charge is 2.28. The third kappa shape index (κ3) is 5.99. The van der Waals surface area contributed by atoms with Crippen LogP contribution in [0, 0.1) is 6.92 Å². The first-order chi connectivity index (χ1) is 14.4. The number of piperazine rings is 1. The summed E-state index contributed by atoms with van der Waals surface area (Å²) in [5.41, 5.74) is 2.27. The normalized spacial score (nSPS) is 15.0. The van der Waals surface area contributed by atoms with E-state index in [-0.39, 0.29) is 11.8 Å². The lowest BCUT2D eigenvalue weighted by Crippen LogP contribution is -2.53. The summed E-state index contributed by atoms with van der Waals surface area (Å²) in [7, 11) is 0. The first-order valence-electron chi connectivity index (χ1n) is 10.5. The standard InChI is InChI=1S/C24H29ClN2O3/c1-18-11-12-21(25)22(17-18)30-19(2)24(29)27-15-13-26(14-16-27)23(28)10-6-9-20-7-4-3-5-8-20/h3-5,7-8,11-12,17,19H,6,9-10,13-16H2,1-2H3. The van der Waals surface area contributed by atoms with Crippen LogP contribution >= 0.6 is 11.6 Å². The predicted molar refractivity (Wildman–Crippen MR) is 119 cm³/mol. The van der Waals surface area contributed by atoms with Crippen molar-refractivity contribution in [2.24, 2.45) is 0 Å². The van der Waals surface area contributed by atoms with E-state index < -0.39 is 6.10 Å². The molecule has 0 bridgehead atoms. The van der Waals surface area contributed by atoms with Gasteiger partial charge in [-0.3, -0.25) is 9.59 Å². The van der Waals surface area contributed by atoms with E-state index in [0.717, 1.165) is 18.4 Å². The largest absolute Gasteiger partial charge is 0.479 e. The summed E-state index contributed by atoms with van der Waals surface area (Å²) in [6.07, 6.45) is 1.65. The molecule has 2 aromatic rings. The number of hydrogen-bond acceptors (Lipinski definition) is 3. The SMILES string of the molecule is Cc1ccc(Cl)c(OC(C)C(=O)N2CCN(C(=O)CCCc3ccccc3)CC2)c1. The number of hydrogen-bond donors (Lipinski definition) is 0. The number of nitrogens with zero attached hydrogens (tertiary/aromatic N) is 2. The maximum atomic E-state index is 12.8. The van der Waals surface area contributed by atoms with E-state index >= 15 is 0 Å². The second-order valence-corrected chi connectivity index (χ2v) is 8.15. The lowest BCUT2D eigenvalue weighted by molar-refractivity contribution is -0.143. The van der Waals surface area contributed by atoms with Gasteiger partial charge >= 0.3 is 0 Å². The van der Waals surface area contributed by atoms with Gasteiger partial charge in [-0.1, -0.05) is 48.0 Å². The quantitative estimate of drug-likeness (QED) is 0.666. The van der Waals surface area contributed by atoms with E-state index in [1.807, 2.05) is 42.2 Å². The van der Waals surface area contributed by atoms with E-state index in [0.29, 0.717) is 43.4 Å². The molecule has 0 aromatic heterocycles. The fourth-order valence-electron chi connectivity index (χ4n) is 3.62. The summed E-state index contributed by atoms with van der Waals surface area (Å²) >= 11 is 6.17. The summed E-state index contributed by atoms with van der Waals surface area (Å²) in [4.78, 5) is 28.9. The zero-order valence-electron chi connectivity index (χ0n) is 17.6. The minimum Gasteiger partial charge on any atom is -0.479 e. The molecule has 1 saturated heterocycles. The predicted octanol–water partition coefficient (Wildman–Crippen LogP) is 4.11. The molecule has 5 nitrogen and oxygen atoms in total. The molecule has 0 radical (unpaired) electrons. The molecule has 30 heavy (non-hydrogen) atoms. The zero-order valence-corrected chi connectivity index (χ0v) is 18.4. The van der Waals surface area contributed by atoms with Crippen LogP contribution in [0.5, 0.6) is 5.75 Å². The third-order valence-corrected chi connectivity index (χ3v) is 5.69. The topological polar surface area (TPSA) is 49.9 Å². The van der Waals surface area contributed by atoms with Gasteiger partial charge < -0.3 is 14.5 Å². The van der Waals surface area contributed by atoms with Crippen molar-refractivity contribution in [2.45, 2.75) is 39.2 Å². The number of carbonyl (C=O) groups excluding carboxylic acids is 2. The second kappa shape index (κ2) is 10.5. The molecule has 1 atom stereocenters. The zero-order chi connectivity index (χ0) is 21.5. The fourth-order valence-corrected chi connectivity index (χ4v) is 3.78. The summed E-state index contributed by atoms with van der Waals surface area (Å²) in [5.74, 6) is 0.599.